The molecule has 0 unspecified atom stereocenters. The van der Waals surface area contributed by atoms with Gasteiger partial charge in [0.1, 0.15) is 0 Å². The number of pyridine rings is 1. The van der Waals surface area contributed by atoms with Crippen LogP contribution in [0.3, 0.4) is 0 Å². The van der Waals surface area contributed by atoms with Gasteiger partial charge in [-0.3, -0.25) is 4.98 Å². The van der Waals surface area contributed by atoms with Crippen molar-refractivity contribution in [3.05, 3.63) is 164 Å². The van der Waals surface area contributed by atoms with Crippen LogP contribution in [0.25, 0.3) is 88.2 Å². The third-order valence-electron chi connectivity index (χ3n) is 8.93. The summed E-state index contributed by atoms with van der Waals surface area (Å²) in [4.78, 5) is 15.0. The molecule has 0 atom stereocenters. The van der Waals surface area contributed by atoms with E-state index in [-0.39, 0.29) is 0 Å². The molecule has 2 heterocycles. The van der Waals surface area contributed by atoms with Crippen molar-refractivity contribution in [3.63, 3.8) is 0 Å². The number of hydrogen-bond donors (Lipinski definition) is 0. The monoisotopic (exact) mass is 585 g/mol. The Labute approximate surface area is 266 Å². The minimum atomic E-state index is 0.709. The maximum Gasteiger partial charge on any atom is 0.161 e. The number of benzene rings is 7. The Morgan fingerprint density at radius 3 is 1.43 bits per heavy atom. The summed E-state index contributed by atoms with van der Waals surface area (Å²) in [6.07, 6.45) is 1.83. The zero-order valence-electron chi connectivity index (χ0n) is 24.9. The largest absolute Gasteiger partial charge is 0.256 e. The first kappa shape index (κ1) is 26.2. The Morgan fingerprint density at radius 1 is 0.326 bits per heavy atom. The van der Waals surface area contributed by atoms with Gasteiger partial charge >= 0.3 is 0 Å². The first-order valence-electron chi connectivity index (χ1n) is 15.5. The van der Waals surface area contributed by atoms with Crippen LogP contribution in [-0.4, -0.2) is 15.0 Å². The van der Waals surface area contributed by atoms with Crippen LogP contribution >= 0.6 is 0 Å². The Bertz CT molecular complexity index is 2560. The first-order chi connectivity index (χ1) is 22.8. The zero-order valence-corrected chi connectivity index (χ0v) is 24.9. The molecule has 0 bridgehead atoms. The highest BCUT2D eigenvalue weighted by Gasteiger charge is 2.18. The molecule has 7 aromatic carbocycles. The van der Waals surface area contributed by atoms with Crippen LogP contribution in [0.5, 0.6) is 0 Å². The van der Waals surface area contributed by atoms with Crippen molar-refractivity contribution in [1.29, 1.82) is 0 Å². The maximum atomic E-state index is 5.27. The summed E-state index contributed by atoms with van der Waals surface area (Å²) in [7, 11) is 0. The summed E-state index contributed by atoms with van der Waals surface area (Å²) < 4.78 is 0. The van der Waals surface area contributed by atoms with Crippen LogP contribution in [0.15, 0.2) is 164 Å². The van der Waals surface area contributed by atoms with E-state index in [1.165, 1.54) is 37.7 Å². The molecule has 0 aliphatic carbocycles. The highest BCUT2D eigenvalue weighted by molar-refractivity contribution is 6.32. The lowest BCUT2D eigenvalue weighted by Crippen LogP contribution is -1.97. The Balaban J connectivity index is 1.33. The summed E-state index contributed by atoms with van der Waals surface area (Å²) in [5.41, 5.74) is 6.89. The van der Waals surface area contributed by atoms with Crippen LogP contribution in [-0.2, 0) is 0 Å². The molecular weight excluding hydrogens is 558 g/mol. The average molecular weight is 586 g/mol. The molecule has 3 nitrogen and oxygen atoms in total. The fourth-order valence-electron chi connectivity index (χ4n) is 6.77. The van der Waals surface area contributed by atoms with Crippen molar-refractivity contribution in [1.82, 2.24) is 15.0 Å². The van der Waals surface area contributed by atoms with Gasteiger partial charge in [-0.1, -0.05) is 133 Å². The second kappa shape index (κ2) is 10.8. The molecule has 0 fully saturated rings. The molecule has 9 rings (SSSR count). The van der Waals surface area contributed by atoms with Gasteiger partial charge in [-0.15, -0.1) is 0 Å². The third kappa shape index (κ3) is 4.33. The minimum absolute atomic E-state index is 0.709. The van der Waals surface area contributed by atoms with Gasteiger partial charge in [0.15, 0.2) is 5.82 Å². The lowest BCUT2D eigenvalue weighted by molar-refractivity contribution is 1.19. The summed E-state index contributed by atoms with van der Waals surface area (Å²) in [6, 6.07) is 55.4. The van der Waals surface area contributed by atoms with E-state index in [9.17, 15) is 0 Å². The fourth-order valence-corrected chi connectivity index (χ4v) is 6.77. The van der Waals surface area contributed by atoms with Gasteiger partial charge < -0.3 is 0 Å². The van der Waals surface area contributed by atoms with E-state index in [2.05, 4.69) is 138 Å². The predicted octanol–water partition coefficient (Wildman–Crippen LogP) is 11.2. The van der Waals surface area contributed by atoms with Crippen LogP contribution in [0.2, 0.25) is 0 Å². The van der Waals surface area contributed by atoms with Crippen LogP contribution in [0, 0.1) is 0 Å². The van der Waals surface area contributed by atoms with Crippen LogP contribution in [0.1, 0.15) is 0 Å². The third-order valence-corrected chi connectivity index (χ3v) is 8.93. The van der Waals surface area contributed by atoms with Crippen molar-refractivity contribution in [2.75, 3.05) is 0 Å². The molecule has 2 aromatic heterocycles. The highest BCUT2D eigenvalue weighted by Crippen LogP contribution is 2.42. The second-order valence-corrected chi connectivity index (χ2v) is 11.6. The topological polar surface area (TPSA) is 38.7 Å². The zero-order chi connectivity index (χ0) is 30.5. The van der Waals surface area contributed by atoms with Crippen LogP contribution in [0.4, 0.5) is 0 Å². The molecular formula is C43H27N3. The second-order valence-electron chi connectivity index (χ2n) is 11.6. The Kier molecular flexibility index (Phi) is 6.14. The molecule has 9 aromatic rings. The molecule has 46 heavy (non-hydrogen) atoms. The number of aromatic nitrogens is 3. The molecule has 0 saturated carbocycles. The summed E-state index contributed by atoms with van der Waals surface area (Å²) in [5, 5.41) is 9.81. The SMILES string of the molecule is c1ccc(-c2cc(-c3ccc(-c4ccccn4)cc3)nc(-c3cc4c5ccccc5c5ccccc5c4c4ccccc34)n2)cc1. The Hall–Kier alpha value is -6.19. The minimum Gasteiger partial charge on any atom is -0.256 e. The van der Waals surface area contributed by atoms with Crippen molar-refractivity contribution < 1.29 is 0 Å². The van der Waals surface area contributed by atoms with Crippen molar-refractivity contribution in [2.24, 2.45) is 0 Å². The van der Waals surface area contributed by atoms with Gasteiger partial charge in [-0.05, 0) is 67.4 Å². The maximum absolute atomic E-state index is 5.27. The molecule has 214 valence electrons. The Morgan fingerprint density at radius 2 is 0.804 bits per heavy atom. The molecule has 0 saturated heterocycles. The molecule has 0 radical (unpaired) electrons. The van der Waals surface area contributed by atoms with Gasteiger partial charge in [0.2, 0.25) is 0 Å². The van der Waals surface area contributed by atoms with Gasteiger partial charge in [0, 0.05) is 28.5 Å². The smallest absolute Gasteiger partial charge is 0.161 e. The lowest BCUT2D eigenvalue weighted by atomic mass is 9.89. The molecule has 0 N–H and O–H groups in total. The normalized spacial score (nSPS) is 11.5. The van der Waals surface area contributed by atoms with E-state index in [0.29, 0.717) is 5.82 Å². The number of rotatable bonds is 4. The van der Waals surface area contributed by atoms with Gasteiger partial charge in [0.05, 0.1) is 17.1 Å². The van der Waals surface area contributed by atoms with Crippen LogP contribution < -0.4 is 0 Å². The van der Waals surface area contributed by atoms with Crippen molar-refractivity contribution >= 4 is 43.1 Å². The number of nitrogens with zero attached hydrogens (tertiary/aromatic N) is 3. The summed E-state index contributed by atoms with van der Waals surface area (Å²) >= 11 is 0. The average Bonchev–Trinajstić information content (AvgIpc) is 3.15. The number of fused-ring (bicyclic) bond motifs is 8. The fraction of sp³-hybridized carbons (Fsp3) is 0. The quantitative estimate of drug-likeness (QED) is 0.193. The summed E-state index contributed by atoms with van der Waals surface area (Å²) in [5.74, 6) is 0.709. The predicted molar refractivity (Wildman–Crippen MR) is 192 cm³/mol. The van der Waals surface area contributed by atoms with E-state index < -0.39 is 0 Å². The molecule has 0 amide bonds. The standard InChI is InChI=1S/C43H27N3/c1-2-12-28(13-3-1)40-27-41(30-23-21-29(22-24-30)39-20-10-11-25-44-39)46-43(45-40)38-26-37-33-16-5-4-14-31(33)32-15-6-8-18-35(32)42(37)36-19-9-7-17-34(36)38/h1-27H. The van der Waals surface area contributed by atoms with E-state index in [1.54, 1.807) is 0 Å². The van der Waals surface area contributed by atoms with Gasteiger partial charge in [-0.2, -0.15) is 0 Å². The van der Waals surface area contributed by atoms with E-state index in [1.807, 2.05) is 30.5 Å². The van der Waals surface area contributed by atoms with Crippen molar-refractivity contribution in [3.8, 4) is 45.2 Å². The van der Waals surface area contributed by atoms with Gasteiger partial charge in [-0.25, -0.2) is 9.97 Å². The number of hydrogen-bond acceptors (Lipinski definition) is 3. The molecule has 0 aliphatic heterocycles. The molecule has 0 spiro atoms. The molecule has 3 heteroatoms. The molecule has 0 aliphatic rings. The summed E-state index contributed by atoms with van der Waals surface area (Å²) in [6.45, 7) is 0. The lowest BCUT2D eigenvalue weighted by Gasteiger charge is -2.16. The van der Waals surface area contributed by atoms with E-state index >= 15 is 0 Å². The van der Waals surface area contributed by atoms with Crippen molar-refractivity contribution in [2.45, 2.75) is 0 Å². The van der Waals surface area contributed by atoms with E-state index in [4.69, 9.17) is 9.97 Å². The highest BCUT2D eigenvalue weighted by atomic mass is 14.9. The first-order valence-corrected chi connectivity index (χ1v) is 15.5. The van der Waals surface area contributed by atoms with E-state index in [0.717, 1.165) is 44.7 Å². The van der Waals surface area contributed by atoms with Gasteiger partial charge in [0.25, 0.3) is 0 Å².